The molecule has 0 unspecified atom stereocenters. The topological polar surface area (TPSA) is 72.7 Å². The standard InChI is InChI=1S/C14H14BrNO3/c1-8-6-10(15)3-4-11(8)16-7-9-2-5-12(17)14(19)13(9)18/h2-6,16-19H,7H2,1H3. The molecule has 2 aromatic rings. The van der Waals surface area contributed by atoms with E-state index in [4.69, 9.17) is 0 Å². The zero-order chi connectivity index (χ0) is 14.0. The van der Waals surface area contributed by atoms with Crippen LogP contribution in [0.15, 0.2) is 34.8 Å². The zero-order valence-electron chi connectivity index (χ0n) is 10.3. The van der Waals surface area contributed by atoms with Gasteiger partial charge in [-0.15, -0.1) is 0 Å². The Morgan fingerprint density at radius 2 is 1.79 bits per heavy atom. The van der Waals surface area contributed by atoms with Crippen molar-refractivity contribution in [2.24, 2.45) is 0 Å². The zero-order valence-corrected chi connectivity index (χ0v) is 11.9. The van der Waals surface area contributed by atoms with Gasteiger partial charge in [0.1, 0.15) is 0 Å². The summed E-state index contributed by atoms with van der Waals surface area (Å²) in [6, 6.07) is 8.74. The lowest BCUT2D eigenvalue weighted by Crippen LogP contribution is -2.01. The van der Waals surface area contributed by atoms with E-state index in [1.165, 1.54) is 6.07 Å². The number of phenolic OH excluding ortho intramolecular Hbond substituents is 3. The van der Waals surface area contributed by atoms with E-state index in [1.807, 2.05) is 25.1 Å². The SMILES string of the molecule is Cc1cc(Br)ccc1NCc1ccc(O)c(O)c1O. The second-order valence-electron chi connectivity index (χ2n) is 4.25. The highest BCUT2D eigenvalue weighted by molar-refractivity contribution is 9.10. The van der Waals surface area contributed by atoms with Crippen LogP contribution < -0.4 is 5.32 Å². The summed E-state index contributed by atoms with van der Waals surface area (Å²) < 4.78 is 1.00. The Bertz CT molecular complexity index is 614. The maximum Gasteiger partial charge on any atom is 0.200 e. The molecule has 5 heteroatoms. The lowest BCUT2D eigenvalue weighted by atomic mass is 10.1. The van der Waals surface area contributed by atoms with Crippen LogP contribution in [0, 0.1) is 6.92 Å². The smallest absolute Gasteiger partial charge is 0.200 e. The fourth-order valence-corrected chi connectivity index (χ4v) is 2.24. The van der Waals surface area contributed by atoms with Gasteiger partial charge >= 0.3 is 0 Å². The van der Waals surface area contributed by atoms with Crippen LogP contribution in [0.2, 0.25) is 0 Å². The monoisotopic (exact) mass is 323 g/mol. The molecule has 0 heterocycles. The molecule has 0 aliphatic heterocycles. The Morgan fingerprint density at radius 1 is 1.05 bits per heavy atom. The minimum absolute atomic E-state index is 0.303. The molecular weight excluding hydrogens is 310 g/mol. The maximum atomic E-state index is 9.71. The molecule has 4 N–H and O–H groups in total. The molecule has 0 amide bonds. The van der Waals surface area contributed by atoms with Gasteiger partial charge in [-0.1, -0.05) is 15.9 Å². The van der Waals surface area contributed by atoms with Crippen LogP contribution in [0.4, 0.5) is 5.69 Å². The summed E-state index contributed by atoms with van der Waals surface area (Å²) in [6.07, 6.45) is 0. The van der Waals surface area contributed by atoms with E-state index in [0.717, 1.165) is 15.7 Å². The number of benzene rings is 2. The summed E-state index contributed by atoms with van der Waals surface area (Å²) in [5.41, 5.74) is 2.52. The van der Waals surface area contributed by atoms with E-state index < -0.39 is 5.75 Å². The molecule has 0 fully saturated rings. The van der Waals surface area contributed by atoms with E-state index in [0.29, 0.717) is 12.1 Å². The van der Waals surface area contributed by atoms with Crippen LogP contribution in [0.3, 0.4) is 0 Å². The molecule has 2 aromatic carbocycles. The average molecular weight is 324 g/mol. The minimum Gasteiger partial charge on any atom is -0.504 e. The van der Waals surface area contributed by atoms with Gasteiger partial charge in [-0.05, 0) is 42.8 Å². The van der Waals surface area contributed by atoms with Crippen molar-refractivity contribution in [1.29, 1.82) is 0 Å². The minimum atomic E-state index is -0.494. The molecule has 0 saturated carbocycles. The molecular formula is C14H14BrNO3. The normalized spacial score (nSPS) is 10.4. The summed E-state index contributed by atoms with van der Waals surface area (Å²) >= 11 is 3.39. The quantitative estimate of drug-likeness (QED) is 0.652. The number of aryl methyl sites for hydroxylation is 1. The number of phenols is 3. The third-order valence-electron chi connectivity index (χ3n) is 2.87. The van der Waals surface area contributed by atoms with Gasteiger partial charge in [0, 0.05) is 22.3 Å². The molecule has 0 atom stereocenters. The van der Waals surface area contributed by atoms with E-state index in [9.17, 15) is 15.3 Å². The Balaban J connectivity index is 2.17. The van der Waals surface area contributed by atoms with Gasteiger partial charge in [-0.3, -0.25) is 0 Å². The summed E-state index contributed by atoms with van der Waals surface area (Å²) in [4.78, 5) is 0. The first-order valence-electron chi connectivity index (χ1n) is 5.72. The Kier molecular flexibility index (Phi) is 3.85. The predicted octanol–water partition coefficient (Wildman–Crippen LogP) is 3.49. The van der Waals surface area contributed by atoms with Gasteiger partial charge in [-0.25, -0.2) is 0 Å². The van der Waals surface area contributed by atoms with Crippen molar-refractivity contribution in [3.8, 4) is 17.2 Å². The lowest BCUT2D eigenvalue weighted by molar-refractivity contribution is 0.365. The van der Waals surface area contributed by atoms with Gasteiger partial charge in [0.25, 0.3) is 0 Å². The van der Waals surface area contributed by atoms with Crippen molar-refractivity contribution in [1.82, 2.24) is 0 Å². The third-order valence-corrected chi connectivity index (χ3v) is 3.36. The van der Waals surface area contributed by atoms with Crippen molar-refractivity contribution in [3.05, 3.63) is 45.9 Å². The number of anilines is 1. The number of nitrogens with one attached hydrogen (secondary N) is 1. The predicted molar refractivity (Wildman–Crippen MR) is 77.6 cm³/mol. The Hall–Kier alpha value is -1.88. The van der Waals surface area contributed by atoms with E-state index >= 15 is 0 Å². The van der Waals surface area contributed by atoms with Crippen LogP contribution in [0.1, 0.15) is 11.1 Å². The number of hydrogen-bond acceptors (Lipinski definition) is 4. The van der Waals surface area contributed by atoms with Gasteiger partial charge in [0.15, 0.2) is 11.5 Å². The molecule has 0 aromatic heterocycles. The van der Waals surface area contributed by atoms with Gasteiger partial charge < -0.3 is 20.6 Å². The largest absolute Gasteiger partial charge is 0.504 e. The molecule has 0 saturated heterocycles. The molecule has 0 aliphatic carbocycles. The fraction of sp³-hybridized carbons (Fsp3) is 0.143. The van der Waals surface area contributed by atoms with E-state index in [2.05, 4.69) is 21.2 Å². The Labute approximate surface area is 119 Å². The molecule has 0 radical (unpaired) electrons. The second-order valence-corrected chi connectivity index (χ2v) is 5.17. The fourth-order valence-electron chi connectivity index (χ4n) is 1.77. The van der Waals surface area contributed by atoms with Gasteiger partial charge in [0.2, 0.25) is 5.75 Å². The number of aromatic hydroxyl groups is 3. The summed E-state index contributed by atoms with van der Waals surface area (Å²) in [6.45, 7) is 2.32. The molecule has 4 nitrogen and oxygen atoms in total. The first kappa shape index (κ1) is 13.5. The summed E-state index contributed by atoms with van der Waals surface area (Å²) in [5.74, 6) is -1.13. The van der Waals surface area contributed by atoms with E-state index in [1.54, 1.807) is 6.07 Å². The average Bonchev–Trinajstić information content (AvgIpc) is 2.37. The van der Waals surface area contributed by atoms with E-state index in [-0.39, 0.29) is 11.5 Å². The van der Waals surface area contributed by atoms with Crippen LogP contribution in [-0.2, 0) is 6.54 Å². The maximum absolute atomic E-state index is 9.71. The molecule has 19 heavy (non-hydrogen) atoms. The highest BCUT2D eigenvalue weighted by atomic mass is 79.9. The number of hydrogen-bond donors (Lipinski definition) is 4. The number of halogens is 1. The van der Waals surface area contributed by atoms with Crippen molar-refractivity contribution < 1.29 is 15.3 Å². The lowest BCUT2D eigenvalue weighted by Gasteiger charge is -2.12. The van der Waals surface area contributed by atoms with Crippen LogP contribution in [0.25, 0.3) is 0 Å². The highest BCUT2D eigenvalue weighted by Crippen LogP contribution is 2.37. The van der Waals surface area contributed by atoms with Crippen molar-refractivity contribution in [2.75, 3.05) is 5.32 Å². The molecule has 0 bridgehead atoms. The van der Waals surface area contributed by atoms with Gasteiger partial charge in [0.05, 0.1) is 0 Å². The second kappa shape index (κ2) is 5.40. The molecule has 2 rings (SSSR count). The van der Waals surface area contributed by atoms with Crippen LogP contribution in [0.5, 0.6) is 17.2 Å². The first-order valence-corrected chi connectivity index (χ1v) is 6.51. The Morgan fingerprint density at radius 3 is 2.47 bits per heavy atom. The van der Waals surface area contributed by atoms with Gasteiger partial charge in [-0.2, -0.15) is 0 Å². The summed E-state index contributed by atoms with van der Waals surface area (Å²) in [7, 11) is 0. The van der Waals surface area contributed by atoms with Crippen LogP contribution in [-0.4, -0.2) is 15.3 Å². The van der Waals surface area contributed by atoms with Crippen molar-refractivity contribution in [3.63, 3.8) is 0 Å². The highest BCUT2D eigenvalue weighted by Gasteiger charge is 2.10. The van der Waals surface area contributed by atoms with Crippen LogP contribution >= 0.6 is 15.9 Å². The van der Waals surface area contributed by atoms with Crippen molar-refractivity contribution in [2.45, 2.75) is 13.5 Å². The third kappa shape index (κ3) is 2.93. The van der Waals surface area contributed by atoms with Crippen molar-refractivity contribution >= 4 is 21.6 Å². The summed E-state index contributed by atoms with van der Waals surface area (Å²) in [5, 5.41) is 31.6. The molecule has 100 valence electrons. The first-order chi connectivity index (χ1) is 8.99. The number of rotatable bonds is 3. The molecule has 0 aliphatic rings. The molecule has 0 spiro atoms.